The fourth-order valence-corrected chi connectivity index (χ4v) is 3.70. The molecule has 1 unspecified atom stereocenters. The average molecular weight is 290 g/mol. The molecule has 0 aliphatic carbocycles. The largest absolute Gasteiger partial charge is 0.357 e. The normalized spacial score (nSPS) is 18.5. The van der Waals surface area contributed by atoms with E-state index in [2.05, 4.69) is 71.4 Å². The van der Waals surface area contributed by atoms with Gasteiger partial charge in [-0.3, -0.25) is 4.90 Å². The fourth-order valence-electron chi connectivity index (χ4n) is 3.70. The molecule has 2 aromatic carbocycles. The number of hydrogen-bond acceptors (Lipinski definition) is 1. The summed E-state index contributed by atoms with van der Waals surface area (Å²) in [6.07, 6.45) is 2.28. The highest BCUT2D eigenvalue weighted by molar-refractivity contribution is 5.85. The van der Waals surface area contributed by atoms with E-state index in [1.54, 1.807) is 0 Å². The number of rotatable bonds is 3. The number of benzene rings is 2. The lowest BCUT2D eigenvalue weighted by Gasteiger charge is -2.33. The molecule has 1 atom stereocenters. The number of aromatic amines is 1. The molecule has 3 aromatic rings. The Morgan fingerprint density at radius 3 is 2.68 bits per heavy atom. The third-order valence-corrected chi connectivity index (χ3v) is 4.99. The maximum atomic E-state index is 3.65. The van der Waals surface area contributed by atoms with Crippen molar-refractivity contribution in [3.8, 4) is 0 Å². The molecule has 0 fully saturated rings. The summed E-state index contributed by atoms with van der Waals surface area (Å²) in [5.74, 6) is 0. The van der Waals surface area contributed by atoms with Crippen LogP contribution in [0.5, 0.6) is 0 Å². The van der Waals surface area contributed by atoms with Gasteiger partial charge in [-0.1, -0.05) is 48.5 Å². The molecule has 0 saturated carbocycles. The molecule has 0 saturated heterocycles. The molecule has 0 amide bonds. The predicted molar refractivity (Wildman–Crippen MR) is 92.1 cm³/mol. The van der Waals surface area contributed by atoms with Crippen molar-refractivity contribution in [2.24, 2.45) is 0 Å². The van der Waals surface area contributed by atoms with Gasteiger partial charge in [-0.25, -0.2) is 0 Å². The first-order valence-electron chi connectivity index (χ1n) is 8.20. The van der Waals surface area contributed by atoms with Crippen LogP contribution in [0.2, 0.25) is 0 Å². The van der Waals surface area contributed by atoms with Gasteiger partial charge in [0, 0.05) is 35.7 Å². The highest BCUT2D eigenvalue weighted by atomic mass is 15.2. The zero-order chi connectivity index (χ0) is 14.9. The van der Waals surface area contributed by atoms with Crippen LogP contribution < -0.4 is 0 Å². The molecule has 1 N–H and O–H groups in total. The van der Waals surface area contributed by atoms with Gasteiger partial charge >= 0.3 is 0 Å². The summed E-state index contributed by atoms with van der Waals surface area (Å²) in [6.45, 7) is 4.61. The minimum Gasteiger partial charge on any atom is -0.357 e. The second-order valence-corrected chi connectivity index (χ2v) is 6.26. The molecule has 112 valence electrons. The van der Waals surface area contributed by atoms with Crippen LogP contribution in [0.15, 0.2) is 54.6 Å². The van der Waals surface area contributed by atoms with E-state index in [-0.39, 0.29) is 0 Å². The molecule has 2 heteroatoms. The van der Waals surface area contributed by atoms with Gasteiger partial charge in [0.1, 0.15) is 0 Å². The minimum atomic E-state index is 0.472. The number of nitrogens with one attached hydrogen (secondary N) is 1. The van der Waals surface area contributed by atoms with Crippen molar-refractivity contribution in [1.82, 2.24) is 9.88 Å². The SMILES string of the molecule is CC1c2[nH]c3ccccc3c2CCN1CCc1ccccc1. The van der Waals surface area contributed by atoms with E-state index in [9.17, 15) is 0 Å². The van der Waals surface area contributed by atoms with Crippen LogP contribution in [-0.2, 0) is 12.8 Å². The average Bonchev–Trinajstić information content (AvgIpc) is 2.95. The predicted octanol–water partition coefficient (Wildman–Crippen LogP) is 4.33. The van der Waals surface area contributed by atoms with Gasteiger partial charge in [0.2, 0.25) is 0 Å². The Morgan fingerprint density at radius 2 is 1.82 bits per heavy atom. The Kier molecular flexibility index (Phi) is 3.47. The molecule has 0 radical (unpaired) electrons. The molecular weight excluding hydrogens is 268 g/mol. The molecule has 2 heterocycles. The van der Waals surface area contributed by atoms with Crippen LogP contribution in [0.1, 0.15) is 29.8 Å². The fraction of sp³-hybridized carbons (Fsp3) is 0.300. The van der Waals surface area contributed by atoms with E-state index in [0.717, 1.165) is 25.9 Å². The lowest BCUT2D eigenvalue weighted by Crippen LogP contribution is -2.35. The maximum Gasteiger partial charge on any atom is 0.0473 e. The van der Waals surface area contributed by atoms with Crippen LogP contribution in [0.3, 0.4) is 0 Å². The Bertz CT molecular complexity index is 773. The quantitative estimate of drug-likeness (QED) is 0.760. The standard InChI is InChI=1S/C20H22N2/c1-15-20-18(17-9-5-6-10-19(17)21-20)12-14-22(15)13-11-16-7-3-2-4-8-16/h2-10,15,21H,11-14H2,1H3. The summed E-state index contributed by atoms with van der Waals surface area (Å²) in [5, 5.41) is 1.41. The van der Waals surface area contributed by atoms with Gasteiger partial charge in [0.25, 0.3) is 0 Å². The number of H-pyrrole nitrogens is 1. The van der Waals surface area contributed by atoms with Gasteiger partial charge in [-0.2, -0.15) is 0 Å². The smallest absolute Gasteiger partial charge is 0.0473 e. The van der Waals surface area contributed by atoms with Crippen LogP contribution in [0, 0.1) is 0 Å². The van der Waals surface area contributed by atoms with Crippen molar-refractivity contribution in [2.75, 3.05) is 13.1 Å². The first-order valence-corrected chi connectivity index (χ1v) is 8.20. The molecule has 4 rings (SSSR count). The van der Waals surface area contributed by atoms with Gasteiger partial charge in [-0.15, -0.1) is 0 Å². The molecule has 2 nitrogen and oxygen atoms in total. The maximum absolute atomic E-state index is 3.65. The number of hydrogen-bond donors (Lipinski definition) is 1. The number of nitrogens with zero attached hydrogens (tertiary/aromatic N) is 1. The van der Waals surface area contributed by atoms with Crippen LogP contribution in [0.4, 0.5) is 0 Å². The van der Waals surface area contributed by atoms with Crippen LogP contribution >= 0.6 is 0 Å². The van der Waals surface area contributed by atoms with E-state index < -0.39 is 0 Å². The summed E-state index contributed by atoms with van der Waals surface area (Å²) in [7, 11) is 0. The Morgan fingerprint density at radius 1 is 1.05 bits per heavy atom. The third-order valence-electron chi connectivity index (χ3n) is 4.99. The highest BCUT2D eigenvalue weighted by Crippen LogP contribution is 2.34. The van der Waals surface area contributed by atoms with Crippen molar-refractivity contribution >= 4 is 10.9 Å². The molecule has 22 heavy (non-hydrogen) atoms. The van der Waals surface area contributed by atoms with E-state index in [1.165, 1.54) is 27.7 Å². The molecule has 0 bridgehead atoms. The second kappa shape index (κ2) is 5.62. The van der Waals surface area contributed by atoms with Crippen molar-refractivity contribution in [1.29, 1.82) is 0 Å². The van der Waals surface area contributed by atoms with Crippen molar-refractivity contribution < 1.29 is 0 Å². The monoisotopic (exact) mass is 290 g/mol. The Hall–Kier alpha value is -2.06. The number of para-hydroxylation sites is 1. The molecule has 1 aliphatic heterocycles. The van der Waals surface area contributed by atoms with Gasteiger partial charge in [0.15, 0.2) is 0 Å². The van der Waals surface area contributed by atoms with E-state index in [4.69, 9.17) is 0 Å². The number of fused-ring (bicyclic) bond motifs is 3. The van der Waals surface area contributed by atoms with Crippen molar-refractivity contribution in [3.05, 3.63) is 71.4 Å². The summed E-state index contributed by atoms with van der Waals surface area (Å²) in [5.41, 5.74) is 5.65. The van der Waals surface area contributed by atoms with Gasteiger partial charge < -0.3 is 4.98 Å². The Labute approximate surface area is 131 Å². The zero-order valence-electron chi connectivity index (χ0n) is 13.0. The van der Waals surface area contributed by atoms with E-state index in [0.29, 0.717) is 6.04 Å². The van der Waals surface area contributed by atoms with Crippen molar-refractivity contribution in [2.45, 2.75) is 25.8 Å². The molecular formula is C20H22N2. The topological polar surface area (TPSA) is 19.0 Å². The summed E-state index contributed by atoms with van der Waals surface area (Å²) in [6, 6.07) is 20.0. The van der Waals surface area contributed by atoms with E-state index in [1.807, 2.05) is 0 Å². The third kappa shape index (κ3) is 2.34. The molecule has 1 aromatic heterocycles. The number of aromatic nitrogens is 1. The lowest BCUT2D eigenvalue weighted by atomic mass is 9.98. The molecule has 1 aliphatic rings. The Balaban J connectivity index is 1.55. The van der Waals surface area contributed by atoms with Crippen molar-refractivity contribution in [3.63, 3.8) is 0 Å². The minimum absolute atomic E-state index is 0.472. The summed E-state index contributed by atoms with van der Waals surface area (Å²) in [4.78, 5) is 6.25. The van der Waals surface area contributed by atoms with Crippen LogP contribution in [0.25, 0.3) is 10.9 Å². The lowest BCUT2D eigenvalue weighted by molar-refractivity contribution is 0.198. The summed E-state index contributed by atoms with van der Waals surface area (Å²) >= 11 is 0. The van der Waals surface area contributed by atoms with E-state index >= 15 is 0 Å². The van der Waals surface area contributed by atoms with Gasteiger partial charge in [-0.05, 0) is 37.0 Å². The van der Waals surface area contributed by atoms with Crippen LogP contribution in [-0.4, -0.2) is 23.0 Å². The highest BCUT2D eigenvalue weighted by Gasteiger charge is 2.26. The first-order chi connectivity index (χ1) is 10.8. The zero-order valence-corrected chi connectivity index (χ0v) is 13.0. The first kappa shape index (κ1) is 13.6. The summed E-state index contributed by atoms with van der Waals surface area (Å²) < 4.78 is 0. The second-order valence-electron chi connectivity index (χ2n) is 6.26. The van der Waals surface area contributed by atoms with Gasteiger partial charge in [0.05, 0.1) is 0 Å². The molecule has 0 spiro atoms.